The molecule has 0 heterocycles. The highest BCUT2D eigenvalue weighted by Gasteiger charge is 2.31. The van der Waals surface area contributed by atoms with Gasteiger partial charge in [-0.25, -0.2) is 9.79 Å². The number of halogens is 5. The number of rotatable bonds is 7. The molecule has 4 nitrogen and oxygen atoms in total. The molecule has 0 unspecified atom stereocenters. The molecule has 9 heteroatoms. The molecule has 0 atom stereocenters. The minimum Gasteiger partial charge on any atom is -0.462 e. The molecule has 0 spiro atoms. The number of para-hydroxylation sites is 1. The molecule has 0 aliphatic carbocycles. The van der Waals surface area contributed by atoms with Crippen LogP contribution in [0.3, 0.4) is 0 Å². The topological polar surface area (TPSA) is 64.7 Å². The summed E-state index contributed by atoms with van der Waals surface area (Å²) < 4.78 is 44.4. The molecule has 2 N–H and O–H groups in total. The molecule has 0 aliphatic rings. The number of nitrogens with two attached hydrogens (primary N) is 1. The molecule has 176 valence electrons. The number of nitrogens with zero attached hydrogens (tertiary/aromatic N) is 1. The van der Waals surface area contributed by atoms with Gasteiger partial charge in [0.1, 0.15) is 5.70 Å². The average Bonchev–Trinajstić information content (AvgIpc) is 2.80. The summed E-state index contributed by atoms with van der Waals surface area (Å²) in [6.07, 6.45) is -3.56. The Morgan fingerprint density at radius 2 is 1.50 bits per heavy atom. The summed E-state index contributed by atoms with van der Waals surface area (Å²) >= 11 is 12.2. The second-order valence-corrected chi connectivity index (χ2v) is 7.91. The largest absolute Gasteiger partial charge is 0.462 e. The molecule has 0 aliphatic heterocycles. The fourth-order valence-corrected chi connectivity index (χ4v) is 3.30. The van der Waals surface area contributed by atoms with Crippen LogP contribution in [-0.2, 0) is 11.2 Å². The van der Waals surface area contributed by atoms with Gasteiger partial charge in [-0.3, -0.25) is 0 Å². The van der Waals surface area contributed by atoms with E-state index in [0.717, 1.165) is 11.6 Å². The van der Waals surface area contributed by atoms with E-state index >= 15 is 0 Å². The van der Waals surface area contributed by atoms with E-state index in [1.807, 2.05) is 12.1 Å². The van der Waals surface area contributed by atoms with Gasteiger partial charge in [-0.05, 0) is 42.0 Å². The monoisotopic (exact) mass is 506 g/mol. The first-order valence-corrected chi connectivity index (χ1v) is 10.8. The molecule has 0 bridgehead atoms. The van der Waals surface area contributed by atoms with Crippen LogP contribution in [0.1, 0.15) is 21.5 Å². The van der Waals surface area contributed by atoms with Crippen LogP contribution >= 0.6 is 23.2 Å². The first-order chi connectivity index (χ1) is 16.1. The zero-order valence-electron chi connectivity index (χ0n) is 17.7. The van der Waals surface area contributed by atoms with Crippen LogP contribution in [0.2, 0.25) is 10.0 Å². The first-order valence-electron chi connectivity index (χ1n) is 10.0. The molecule has 3 aromatic carbocycles. The van der Waals surface area contributed by atoms with Crippen LogP contribution in [0, 0.1) is 0 Å². The Morgan fingerprint density at radius 3 is 2.12 bits per heavy atom. The lowest BCUT2D eigenvalue weighted by Gasteiger charge is -2.10. The van der Waals surface area contributed by atoms with Gasteiger partial charge in [-0.1, -0.05) is 65.7 Å². The Labute approximate surface area is 204 Å². The van der Waals surface area contributed by atoms with Gasteiger partial charge in [0.15, 0.2) is 0 Å². The van der Waals surface area contributed by atoms with Gasteiger partial charge < -0.3 is 10.5 Å². The van der Waals surface area contributed by atoms with Crippen LogP contribution in [0.25, 0.3) is 0 Å². The van der Waals surface area contributed by atoms with Crippen LogP contribution in [0.5, 0.6) is 0 Å². The van der Waals surface area contributed by atoms with Crippen molar-refractivity contribution >= 4 is 40.6 Å². The zero-order chi connectivity index (χ0) is 24.7. The second kappa shape index (κ2) is 11.2. The van der Waals surface area contributed by atoms with Gasteiger partial charge in [-0.15, -0.1) is 0 Å². The van der Waals surface area contributed by atoms with Crippen molar-refractivity contribution in [1.29, 1.82) is 0 Å². The SMILES string of the molecule is NC(=CC(=Nc1ccccc1Cl)c1ccc(C(=O)OCCc2ccccc2Cl)cc1)C(F)(F)F. The highest BCUT2D eigenvalue weighted by Crippen LogP contribution is 2.27. The molecule has 0 amide bonds. The summed E-state index contributed by atoms with van der Waals surface area (Å²) in [5.41, 5.74) is 5.48. The van der Waals surface area contributed by atoms with Crippen molar-refractivity contribution in [2.45, 2.75) is 12.6 Å². The zero-order valence-corrected chi connectivity index (χ0v) is 19.2. The molecular weight excluding hydrogens is 488 g/mol. The number of esters is 1. The maximum atomic E-state index is 13.0. The number of aliphatic imine (C=N–C) groups is 1. The fourth-order valence-electron chi connectivity index (χ4n) is 2.90. The normalized spacial score (nSPS) is 12.5. The molecule has 0 saturated heterocycles. The van der Waals surface area contributed by atoms with E-state index < -0.39 is 17.8 Å². The van der Waals surface area contributed by atoms with Crippen molar-refractivity contribution < 1.29 is 22.7 Å². The molecule has 0 saturated carbocycles. The van der Waals surface area contributed by atoms with Gasteiger partial charge in [0.05, 0.1) is 28.6 Å². The Kier molecular flexibility index (Phi) is 8.36. The molecule has 0 radical (unpaired) electrons. The predicted molar refractivity (Wildman–Crippen MR) is 128 cm³/mol. The van der Waals surface area contributed by atoms with Gasteiger partial charge >= 0.3 is 12.1 Å². The minimum atomic E-state index is -4.73. The maximum absolute atomic E-state index is 13.0. The average molecular weight is 507 g/mol. The van der Waals surface area contributed by atoms with Crippen molar-refractivity contribution in [2.75, 3.05) is 6.61 Å². The van der Waals surface area contributed by atoms with Crippen LogP contribution in [0.15, 0.2) is 89.6 Å². The van der Waals surface area contributed by atoms with Gasteiger partial charge in [0.25, 0.3) is 0 Å². The summed E-state index contributed by atoms with van der Waals surface area (Å²) in [7, 11) is 0. The number of carbonyl (C=O) groups excluding carboxylic acids is 1. The Hall–Kier alpha value is -3.29. The molecule has 0 aromatic heterocycles. The molecule has 34 heavy (non-hydrogen) atoms. The summed E-state index contributed by atoms with van der Waals surface area (Å²) in [6.45, 7) is 0.119. The van der Waals surface area contributed by atoms with Crippen LogP contribution in [-0.4, -0.2) is 24.5 Å². The Morgan fingerprint density at radius 1 is 0.912 bits per heavy atom. The van der Waals surface area contributed by atoms with Crippen molar-refractivity contribution in [3.05, 3.63) is 111 Å². The summed E-state index contributed by atoms with van der Waals surface area (Å²) in [5.74, 6) is -0.575. The Bertz CT molecular complexity index is 1220. The quantitative estimate of drug-likeness (QED) is 0.279. The third-order valence-electron chi connectivity index (χ3n) is 4.69. The number of ether oxygens (including phenoxy) is 1. The number of benzene rings is 3. The van der Waals surface area contributed by atoms with E-state index in [1.165, 1.54) is 24.3 Å². The number of hydrogen-bond donors (Lipinski definition) is 1. The first kappa shape index (κ1) is 25.3. The van der Waals surface area contributed by atoms with E-state index in [4.69, 9.17) is 33.7 Å². The molecular formula is C25H19Cl2F3N2O2. The third kappa shape index (κ3) is 6.85. The lowest BCUT2D eigenvalue weighted by atomic mass is 10.1. The minimum absolute atomic E-state index is 0.0680. The molecule has 0 fully saturated rings. The van der Waals surface area contributed by atoms with E-state index in [9.17, 15) is 18.0 Å². The fraction of sp³-hybridized carbons (Fsp3) is 0.120. The van der Waals surface area contributed by atoms with Crippen LogP contribution in [0.4, 0.5) is 18.9 Å². The molecule has 3 aromatic rings. The highest BCUT2D eigenvalue weighted by molar-refractivity contribution is 6.33. The molecule has 3 rings (SSSR count). The summed E-state index contributed by atoms with van der Waals surface area (Å²) in [5, 5.41) is 0.845. The smallest absolute Gasteiger partial charge is 0.430 e. The van der Waals surface area contributed by atoms with E-state index in [0.29, 0.717) is 17.0 Å². The lowest BCUT2D eigenvalue weighted by molar-refractivity contribution is -0.0925. The van der Waals surface area contributed by atoms with Gasteiger partial charge in [0, 0.05) is 17.0 Å². The Balaban J connectivity index is 1.80. The standard InChI is InChI=1S/C25H19Cl2F3N2O2/c26-19-6-2-1-5-16(19)13-14-34-24(33)18-11-9-17(10-12-18)22(15-23(31)25(28,29)30)32-21-8-4-3-7-20(21)27/h1-12,15H,13-14,31H2. The van der Waals surface area contributed by atoms with Gasteiger partial charge in [0.2, 0.25) is 0 Å². The second-order valence-electron chi connectivity index (χ2n) is 7.10. The van der Waals surface area contributed by atoms with E-state index in [2.05, 4.69) is 4.99 Å². The van der Waals surface area contributed by atoms with Crippen molar-refractivity contribution in [2.24, 2.45) is 10.7 Å². The van der Waals surface area contributed by atoms with Crippen LogP contribution < -0.4 is 5.73 Å². The van der Waals surface area contributed by atoms with Crippen molar-refractivity contribution in [3.63, 3.8) is 0 Å². The lowest BCUT2D eigenvalue weighted by Crippen LogP contribution is -2.21. The van der Waals surface area contributed by atoms with E-state index in [1.54, 1.807) is 36.4 Å². The maximum Gasteiger partial charge on any atom is 0.430 e. The number of allylic oxidation sites excluding steroid dienone is 2. The van der Waals surface area contributed by atoms with Crippen molar-refractivity contribution in [1.82, 2.24) is 0 Å². The number of carbonyl (C=O) groups is 1. The summed E-state index contributed by atoms with van der Waals surface area (Å²) in [4.78, 5) is 16.6. The van der Waals surface area contributed by atoms with Gasteiger partial charge in [-0.2, -0.15) is 13.2 Å². The number of hydrogen-bond acceptors (Lipinski definition) is 4. The number of alkyl halides is 3. The summed E-state index contributed by atoms with van der Waals surface area (Å²) in [6, 6.07) is 19.5. The predicted octanol–water partition coefficient (Wildman–Crippen LogP) is 6.92. The third-order valence-corrected chi connectivity index (χ3v) is 5.38. The highest BCUT2D eigenvalue weighted by atomic mass is 35.5. The van der Waals surface area contributed by atoms with Crippen molar-refractivity contribution in [3.8, 4) is 0 Å². The van der Waals surface area contributed by atoms with E-state index in [-0.39, 0.29) is 28.6 Å².